The summed E-state index contributed by atoms with van der Waals surface area (Å²) in [5, 5.41) is 10.7. The zero-order chi connectivity index (χ0) is 16.8. The molecular weight excluding hydrogens is 302 g/mol. The first-order valence-corrected chi connectivity index (χ1v) is 6.66. The molecule has 0 fully saturated rings. The van der Waals surface area contributed by atoms with Crippen molar-refractivity contribution < 1.29 is 24.0 Å². The van der Waals surface area contributed by atoms with Crippen molar-refractivity contribution in [1.29, 1.82) is 0 Å². The van der Waals surface area contributed by atoms with Crippen LogP contribution in [-0.2, 0) is 11.3 Å². The van der Waals surface area contributed by atoms with Crippen molar-refractivity contribution in [3.8, 4) is 11.5 Å². The number of rotatable bonds is 5. The van der Waals surface area contributed by atoms with E-state index in [9.17, 15) is 19.7 Å². The summed E-state index contributed by atoms with van der Waals surface area (Å²) in [6.07, 6.45) is 0. The van der Waals surface area contributed by atoms with E-state index in [1.54, 1.807) is 24.3 Å². The van der Waals surface area contributed by atoms with Gasteiger partial charge in [-0.1, -0.05) is 24.3 Å². The number of benzene rings is 2. The Morgan fingerprint density at radius 2 is 1.61 bits per heavy atom. The van der Waals surface area contributed by atoms with Crippen molar-refractivity contribution in [2.45, 2.75) is 13.5 Å². The molecule has 0 atom stereocenters. The first-order valence-electron chi connectivity index (χ1n) is 6.66. The monoisotopic (exact) mass is 315 g/mol. The summed E-state index contributed by atoms with van der Waals surface area (Å²) in [6.45, 7) is 0.754. The van der Waals surface area contributed by atoms with Gasteiger partial charge in [-0.15, -0.1) is 0 Å². The van der Waals surface area contributed by atoms with Crippen molar-refractivity contribution in [2.24, 2.45) is 0 Å². The third-order valence-electron chi connectivity index (χ3n) is 2.84. The summed E-state index contributed by atoms with van der Waals surface area (Å²) in [4.78, 5) is 33.5. The first-order chi connectivity index (χ1) is 11.0. The number of nitro groups is 1. The van der Waals surface area contributed by atoms with Gasteiger partial charge in [-0.3, -0.25) is 14.9 Å². The molecule has 0 N–H and O–H groups in total. The second-order valence-electron chi connectivity index (χ2n) is 4.58. The quantitative estimate of drug-likeness (QED) is 0.364. The maximum Gasteiger partial charge on any atom is 0.347 e. The topological polar surface area (TPSA) is 95.7 Å². The first kappa shape index (κ1) is 16.2. The Morgan fingerprint density at radius 1 is 1.00 bits per heavy atom. The molecule has 0 saturated carbocycles. The Bertz CT molecular complexity index is 756. The minimum atomic E-state index is -0.766. The van der Waals surface area contributed by atoms with E-state index in [1.807, 2.05) is 0 Å². The normalized spacial score (nSPS) is 9.96. The lowest BCUT2D eigenvalue weighted by Gasteiger charge is -2.10. The van der Waals surface area contributed by atoms with Crippen LogP contribution in [0.3, 0.4) is 0 Å². The van der Waals surface area contributed by atoms with E-state index >= 15 is 0 Å². The minimum absolute atomic E-state index is 0.0543. The number of nitrogens with zero attached hydrogens (tertiary/aromatic N) is 1. The lowest BCUT2D eigenvalue weighted by Crippen LogP contribution is -2.14. The summed E-state index contributed by atoms with van der Waals surface area (Å²) >= 11 is 0. The number of hydrogen-bond acceptors (Lipinski definition) is 6. The molecule has 7 nitrogen and oxygen atoms in total. The predicted octanol–water partition coefficient (Wildman–Crippen LogP) is 2.61. The van der Waals surface area contributed by atoms with Gasteiger partial charge in [0.1, 0.15) is 17.1 Å². The molecule has 0 unspecified atom stereocenters. The van der Waals surface area contributed by atoms with E-state index in [-0.39, 0.29) is 22.6 Å². The molecule has 0 aliphatic heterocycles. The van der Waals surface area contributed by atoms with E-state index in [0.717, 1.165) is 0 Å². The van der Waals surface area contributed by atoms with Crippen LogP contribution >= 0.6 is 0 Å². The average Bonchev–Trinajstić information content (AvgIpc) is 2.48. The predicted molar refractivity (Wildman–Crippen MR) is 79.8 cm³/mol. The summed E-state index contributed by atoms with van der Waals surface area (Å²) < 4.78 is 10.2. The van der Waals surface area contributed by atoms with Crippen LogP contribution in [0, 0.1) is 10.1 Å². The second-order valence-corrected chi connectivity index (χ2v) is 4.58. The number of para-hydroxylation sites is 2. The summed E-state index contributed by atoms with van der Waals surface area (Å²) in [7, 11) is 0. The molecule has 7 heteroatoms. The SMILES string of the molecule is CC(=O)Oc1ccccc1C(=O)Oc1ccccc1C[N+](=O)[O-]. The Hall–Kier alpha value is -3.22. The standard InChI is InChI=1S/C16H13NO6/c1-11(18)22-15-9-5-3-7-13(15)16(19)23-14-8-4-2-6-12(14)10-17(20)21/h2-9H,10H2,1H3. The van der Waals surface area contributed by atoms with Crippen LogP contribution < -0.4 is 9.47 Å². The highest BCUT2D eigenvalue weighted by atomic mass is 16.6. The van der Waals surface area contributed by atoms with E-state index < -0.39 is 23.4 Å². The Morgan fingerprint density at radius 3 is 2.26 bits per heavy atom. The lowest BCUT2D eigenvalue weighted by atomic mass is 10.2. The van der Waals surface area contributed by atoms with Gasteiger partial charge in [0, 0.05) is 11.8 Å². The molecule has 0 radical (unpaired) electrons. The molecule has 2 aromatic carbocycles. The van der Waals surface area contributed by atoms with Crippen molar-refractivity contribution in [3.05, 3.63) is 69.8 Å². The summed E-state index contributed by atoms with van der Waals surface area (Å²) in [6, 6.07) is 12.3. The van der Waals surface area contributed by atoms with Gasteiger partial charge in [0.15, 0.2) is 0 Å². The fraction of sp³-hybridized carbons (Fsp3) is 0.125. The van der Waals surface area contributed by atoms with Crippen LogP contribution in [0.15, 0.2) is 48.5 Å². The maximum absolute atomic E-state index is 12.3. The van der Waals surface area contributed by atoms with Gasteiger partial charge >= 0.3 is 11.9 Å². The van der Waals surface area contributed by atoms with Crippen molar-refractivity contribution in [2.75, 3.05) is 0 Å². The number of ether oxygens (including phenoxy) is 2. The van der Waals surface area contributed by atoms with Gasteiger partial charge in [0.05, 0.1) is 5.56 Å². The molecule has 0 bridgehead atoms. The third kappa shape index (κ3) is 4.37. The molecule has 0 aliphatic rings. The van der Waals surface area contributed by atoms with E-state index in [1.165, 1.54) is 31.2 Å². The zero-order valence-electron chi connectivity index (χ0n) is 12.2. The molecule has 0 spiro atoms. The zero-order valence-corrected chi connectivity index (χ0v) is 12.2. The minimum Gasteiger partial charge on any atom is -0.426 e. The second kappa shape index (κ2) is 7.17. The van der Waals surface area contributed by atoms with Gasteiger partial charge in [-0.2, -0.15) is 0 Å². The maximum atomic E-state index is 12.3. The largest absolute Gasteiger partial charge is 0.426 e. The van der Waals surface area contributed by atoms with Crippen LogP contribution in [0.4, 0.5) is 0 Å². The Labute approximate surface area is 131 Å². The van der Waals surface area contributed by atoms with Crippen molar-refractivity contribution >= 4 is 11.9 Å². The number of esters is 2. The molecule has 0 aliphatic carbocycles. The Balaban J connectivity index is 2.27. The highest BCUT2D eigenvalue weighted by Gasteiger charge is 2.18. The van der Waals surface area contributed by atoms with Crippen LogP contribution in [0.25, 0.3) is 0 Å². The van der Waals surface area contributed by atoms with E-state index in [2.05, 4.69) is 0 Å². The summed E-state index contributed by atoms with van der Waals surface area (Å²) in [5.74, 6) is -1.18. The Kier molecular flexibility index (Phi) is 5.03. The average molecular weight is 315 g/mol. The van der Waals surface area contributed by atoms with Gasteiger partial charge in [-0.05, 0) is 24.3 Å². The molecule has 2 rings (SSSR count). The van der Waals surface area contributed by atoms with Gasteiger partial charge < -0.3 is 9.47 Å². The highest BCUT2D eigenvalue weighted by molar-refractivity contribution is 5.94. The molecule has 23 heavy (non-hydrogen) atoms. The number of carbonyl (C=O) groups is 2. The van der Waals surface area contributed by atoms with E-state index in [0.29, 0.717) is 0 Å². The van der Waals surface area contributed by atoms with Crippen LogP contribution in [0.2, 0.25) is 0 Å². The molecule has 0 amide bonds. The molecule has 0 heterocycles. The smallest absolute Gasteiger partial charge is 0.347 e. The molecule has 2 aromatic rings. The number of hydrogen-bond donors (Lipinski definition) is 0. The summed E-state index contributed by atoms with van der Waals surface area (Å²) in [5.41, 5.74) is 0.328. The van der Waals surface area contributed by atoms with Crippen LogP contribution in [-0.4, -0.2) is 16.9 Å². The third-order valence-corrected chi connectivity index (χ3v) is 2.84. The molecule has 118 valence electrons. The van der Waals surface area contributed by atoms with Crippen molar-refractivity contribution in [1.82, 2.24) is 0 Å². The van der Waals surface area contributed by atoms with Crippen molar-refractivity contribution in [3.63, 3.8) is 0 Å². The van der Waals surface area contributed by atoms with E-state index in [4.69, 9.17) is 9.47 Å². The van der Waals surface area contributed by atoms with Crippen LogP contribution in [0.5, 0.6) is 11.5 Å². The molecule has 0 saturated heterocycles. The number of carbonyl (C=O) groups excluding carboxylic acids is 2. The fourth-order valence-corrected chi connectivity index (χ4v) is 1.91. The fourth-order valence-electron chi connectivity index (χ4n) is 1.91. The lowest BCUT2D eigenvalue weighted by molar-refractivity contribution is -0.496. The molecule has 0 aromatic heterocycles. The highest BCUT2D eigenvalue weighted by Crippen LogP contribution is 2.23. The van der Waals surface area contributed by atoms with Gasteiger partial charge in [-0.25, -0.2) is 4.79 Å². The van der Waals surface area contributed by atoms with Gasteiger partial charge in [0.2, 0.25) is 6.54 Å². The van der Waals surface area contributed by atoms with Crippen LogP contribution in [0.1, 0.15) is 22.8 Å². The molecular formula is C16H13NO6. The van der Waals surface area contributed by atoms with Gasteiger partial charge in [0.25, 0.3) is 0 Å².